The van der Waals surface area contributed by atoms with E-state index < -0.39 is 0 Å². The molecule has 2 saturated carbocycles. The number of rotatable bonds is 4. The minimum Gasteiger partial charge on any atom is -0.460 e. The molecule has 1 N–H and O–H groups in total. The lowest BCUT2D eigenvalue weighted by Crippen LogP contribution is -2.60. The van der Waals surface area contributed by atoms with Crippen molar-refractivity contribution >= 4 is 5.97 Å². The zero-order chi connectivity index (χ0) is 15.2. The maximum atomic E-state index is 12.3. The minimum absolute atomic E-state index is 0.0495. The van der Waals surface area contributed by atoms with Crippen molar-refractivity contribution in [2.45, 2.75) is 50.7 Å². The third-order valence-corrected chi connectivity index (χ3v) is 6.12. The predicted octanol–water partition coefficient (Wildman–Crippen LogP) is 2.94. The average Bonchev–Trinajstić information content (AvgIpc) is 2.99. The molecule has 3 nitrogen and oxygen atoms in total. The van der Waals surface area contributed by atoms with Gasteiger partial charge >= 0.3 is 5.97 Å². The molecule has 1 heterocycles. The average molecular weight is 299 g/mol. The van der Waals surface area contributed by atoms with E-state index in [1.54, 1.807) is 0 Å². The van der Waals surface area contributed by atoms with Crippen LogP contribution in [0.5, 0.6) is 0 Å². The molecule has 2 aliphatic carbocycles. The Bertz CT molecular complexity index is 558. The van der Waals surface area contributed by atoms with E-state index in [4.69, 9.17) is 4.74 Å². The molecular weight excluding hydrogens is 274 g/mol. The molecule has 0 radical (unpaired) electrons. The summed E-state index contributed by atoms with van der Waals surface area (Å²) in [6.07, 6.45) is 5.60. The smallest absolute Gasteiger partial charge is 0.311 e. The zero-order valence-corrected chi connectivity index (χ0v) is 13.3. The Kier molecular flexibility index (Phi) is 3.48. The standard InChI is InChI=1S/C19H25NO2/c1-13-11-15-7-8-17-19(15,16(12-13)18(21)22-17)20-10-9-14-5-3-2-4-6-14/h2-6,13,15-17,20H,7-12H2,1H3/t13-,15?,16?,17+,19-/m0/s1. The van der Waals surface area contributed by atoms with Crippen LogP contribution in [0.4, 0.5) is 0 Å². The van der Waals surface area contributed by atoms with Crippen molar-refractivity contribution in [3.8, 4) is 0 Å². The lowest BCUT2D eigenvalue weighted by atomic mass is 9.64. The number of benzene rings is 1. The van der Waals surface area contributed by atoms with Crippen LogP contribution in [-0.4, -0.2) is 24.2 Å². The van der Waals surface area contributed by atoms with Gasteiger partial charge in [0.1, 0.15) is 6.10 Å². The first-order chi connectivity index (χ1) is 10.7. The van der Waals surface area contributed by atoms with Gasteiger partial charge in [0, 0.05) is 0 Å². The Balaban J connectivity index is 1.52. The Morgan fingerprint density at radius 2 is 2.05 bits per heavy atom. The third-order valence-electron chi connectivity index (χ3n) is 6.12. The molecule has 1 aromatic rings. The maximum absolute atomic E-state index is 12.3. The fraction of sp³-hybridized carbons (Fsp3) is 0.632. The van der Waals surface area contributed by atoms with Gasteiger partial charge in [-0.05, 0) is 56.0 Å². The second kappa shape index (κ2) is 5.38. The van der Waals surface area contributed by atoms with Gasteiger partial charge < -0.3 is 10.1 Å². The minimum atomic E-state index is -0.0711. The van der Waals surface area contributed by atoms with E-state index in [0.29, 0.717) is 11.8 Å². The first kappa shape index (κ1) is 14.3. The second-order valence-electron chi connectivity index (χ2n) is 7.42. The van der Waals surface area contributed by atoms with Crippen molar-refractivity contribution in [2.75, 3.05) is 6.54 Å². The van der Waals surface area contributed by atoms with Gasteiger partial charge in [0.25, 0.3) is 0 Å². The van der Waals surface area contributed by atoms with Crippen molar-refractivity contribution in [1.82, 2.24) is 5.32 Å². The van der Waals surface area contributed by atoms with E-state index >= 15 is 0 Å². The van der Waals surface area contributed by atoms with Crippen LogP contribution in [0.3, 0.4) is 0 Å². The van der Waals surface area contributed by atoms with Crippen LogP contribution in [0.2, 0.25) is 0 Å². The Hall–Kier alpha value is -1.35. The van der Waals surface area contributed by atoms with Crippen molar-refractivity contribution < 1.29 is 9.53 Å². The van der Waals surface area contributed by atoms with Crippen molar-refractivity contribution in [2.24, 2.45) is 17.8 Å². The van der Waals surface area contributed by atoms with E-state index in [0.717, 1.165) is 25.8 Å². The van der Waals surface area contributed by atoms with Crippen LogP contribution in [0.1, 0.15) is 38.2 Å². The summed E-state index contributed by atoms with van der Waals surface area (Å²) >= 11 is 0. The molecule has 1 saturated heterocycles. The predicted molar refractivity (Wildman–Crippen MR) is 85.4 cm³/mol. The first-order valence-electron chi connectivity index (χ1n) is 8.69. The molecule has 0 aromatic heterocycles. The number of carbonyl (C=O) groups is 1. The molecule has 4 rings (SSSR count). The van der Waals surface area contributed by atoms with Crippen LogP contribution < -0.4 is 5.32 Å². The fourth-order valence-electron chi connectivity index (χ4n) is 5.21. The number of esters is 1. The van der Waals surface area contributed by atoms with Crippen molar-refractivity contribution in [3.05, 3.63) is 35.9 Å². The number of nitrogens with one attached hydrogen (secondary N) is 1. The molecular formula is C19H25NO2. The lowest BCUT2D eigenvalue weighted by Gasteiger charge is -2.44. The first-order valence-corrected chi connectivity index (χ1v) is 8.69. The van der Waals surface area contributed by atoms with Gasteiger partial charge in [-0.25, -0.2) is 0 Å². The summed E-state index contributed by atoms with van der Waals surface area (Å²) in [5.74, 6) is 1.37. The molecule has 1 aliphatic heterocycles. The second-order valence-corrected chi connectivity index (χ2v) is 7.42. The number of ether oxygens (including phenoxy) is 1. The van der Waals surface area contributed by atoms with Gasteiger partial charge in [-0.2, -0.15) is 0 Å². The van der Waals surface area contributed by atoms with Crippen LogP contribution in [-0.2, 0) is 16.0 Å². The number of hydrogen-bond donors (Lipinski definition) is 1. The van der Waals surface area contributed by atoms with E-state index in [9.17, 15) is 4.79 Å². The summed E-state index contributed by atoms with van der Waals surface area (Å²) < 4.78 is 5.75. The van der Waals surface area contributed by atoms with Gasteiger partial charge in [-0.1, -0.05) is 37.3 Å². The highest BCUT2D eigenvalue weighted by Crippen LogP contribution is 2.55. The van der Waals surface area contributed by atoms with Crippen molar-refractivity contribution in [3.63, 3.8) is 0 Å². The van der Waals surface area contributed by atoms with E-state index in [1.165, 1.54) is 18.4 Å². The monoisotopic (exact) mass is 299 g/mol. The number of carbonyl (C=O) groups excluding carboxylic acids is 1. The van der Waals surface area contributed by atoms with E-state index in [1.807, 2.05) is 0 Å². The van der Waals surface area contributed by atoms with Gasteiger partial charge in [0.2, 0.25) is 0 Å². The number of hydrogen-bond acceptors (Lipinski definition) is 3. The largest absolute Gasteiger partial charge is 0.460 e. The van der Waals surface area contributed by atoms with Gasteiger partial charge in [0.15, 0.2) is 0 Å². The normalized spacial score (nSPS) is 39.6. The SMILES string of the molecule is C[C@H]1CC2CC[C@H]3OC(=O)C(C1)[C@@]23NCCc1ccccc1. The maximum Gasteiger partial charge on any atom is 0.311 e. The van der Waals surface area contributed by atoms with Crippen LogP contribution in [0, 0.1) is 17.8 Å². The molecule has 1 aromatic carbocycles. The highest BCUT2D eigenvalue weighted by molar-refractivity contribution is 5.78. The summed E-state index contributed by atoms with van der Waals surface area (Å²) in [4.78, 5) is 12.3. The molecule has 5 atom stereocenters. The molecule has 0 amide bonds. The molecule has 3 aliphatic rings. The summed E-state index contributed by atoms with van der Waals surface area (Å²) in [5, 5.41) is 3.81. The van der Waals surface area contributed by atoms with Gasteiger partial charge in [0.05, 0.1) is 11.5 Å². The summed E-state index contributed by atoms with van der Waals surface area (Å²) in [5.41, 5.74) is 1.28. The van der Waals surface area contributed by atoms with Crippen molar-refractivity contribution in [1.29, 1.82) is 0 Å². The highest BCUT2D eigenvalue weighted by Gasteiger charge is 2.65. The molecule has 118 valence electrons. The molecule has 22 heavy (non-hydrogen) atoms. The molecule has 3 fully saturated rings. The Morgan fingerprint density at radius 1 is 1.23 bits per heavy atom. The topological polar surface area (TPSA) is 38.3 Å². The third kappa shape index (κ3) is 2.10. The molecule has 2 unspecified atom stereocenters. The summed E-state index contributed by atoms with van der Waals surface area (Å²) in [6, 6.07) is 10.6. The zero-order valence-electron chi connectivity index (χ0n) is 13.3. The summed E-state index contributed by atoms with van der Waals surface area (Å²) in [7, 11) is 0. The Labute approximate surface area is 132 Å². The van der Waals surface area contributed by atoms with Crippen LogP contribution in [0.25, 0.3) is 0 Å². The van der Waals surface area contributed by atoms with Crippen LogP contribution in [0.15, 0.2) is 30.3 Å². The van der Waals surface area contributed by atoms with Gasteiger partial charge in [-0.3, -0.25) is 4.79 Å². The molecule has 0 bridgehead atoms. The highest BCUT2D eigenvalue weighted by atomic mass is 16.6. The fourth-order valence-corrected chi connectivity index (χ4v) is 5.21. The Morgan fingerprint density at radius 3 is 2.86 bits per heavy atom. The van der Waals surface area contributed by atoms with Crippen LogP contribution >= 0.6 is 0 Å². The summed E-state index contributed by atoms with van der Waals surface area (Å²) in [6.45, 7) is 3.21. The van der Waals surface area contributed by atoms with Gasteiger partial charge in [-0.15, -0.1) is 0 Å². The van der Waals surface area contributed by atoms with E-state index in [-0.39, 0.29) is 23.5 Å². The quantitative estimate of drug-likeness (QED) is 0.869. The molecule has 0 spiro atoms. The lowest BCUT2D eigenvalue weighted by molar-refractivity contribution is -0.145. The van der Waals surface area contributed by atoms with E-state index in [2.05, 4.69) is 42.6 Å². The molecule has 3 heteroatoms.